The van der Waals surface area contributed by atoms with E-state index in [-0.39, 0.29) is 6.04 Å². The van der Waals surface area contributed by atoms with Gasteiger partial charge in [0.15, 0.2) is 0 Å². The number of aryl methyl sites for hydroxylation is 1. The Balaban J connectivity index is 2.07. The first-order valence-electron chi connectivity index (χ1n) is 4.60. The lowest BCUT2D eigenvalue weighted by atomic mass is 10.1. The first-order valence-corrected chi connectivity index (χ1v) is 5.48. The summed E-state index contributed by atoms with van der Waals surface area (Å²) in [7, 11) is 1.69. The SMILES string of the molecule is COCC(N)CCCc1cccs1. The van der Waals surface area contributed by atoms with Crippen molar-refractivity contribution in [1.82, 2.24) is 0 Å². The molecule has 1 atom stereocenters. The Labute approximate surface area is 83.7 Å². The third-order valence-electron chi connectivity index (χ3n) is 1.96. The molecule has 0 aliphatic heterocycles. The largest absolute Gasteiger partial charge is 0.383 e. The molecule has 1 aromatic heterocycles. The van der Waals surface area contributed by atoms with Crippen LogP contribution in [0.4, 0.5) is 0 Å². The molecule has 1 unspecified atom stereocenters. The van der Waals surface area contributed by atoms with Crippen LogP contribution < -0.4 is 5.73 Å². The predicted octanol–water partition coefficient (Wildman–Crippen LogP) is 2.04. The van der Waals surface area contributed by atoms with Gasteiger partial charge in [-0.05, 0) is 30.7 Å². The lowest BCUT2D eigenvalue weighted by Gasteiger charge is -2.08. The van der Waals surface area contributed by atoms with Gasteiger partial charge in [0.1, 0.15) is 0 Å². The summed E-state index contributed by atoms with van der Waals surface area (Å²) >= 11 is 1.82. The molecule has 0 aromatic carbocycles. The van der Waals surface area contributed by atoms with E-state index in [1.54, 1.807) is 7.11 Å². The molecule has 74 valence electrons. The number of rotatable bonds is 6. The molecule has 1 heterocycles. The average Bonchev–Trinajstić information content (AvgIpc) is 2.57. The molecule has 0 bridgehead atoms. The van der Waals surface area contributed by atoms with Crippen LogP contribution in [-0.4, -0.2) is 19.8 Å². The topological polar surface area (TPSA) is 35.2 Å². The van der Waals surface area contributed by atoms with Crippen molar-refractivity contribution >= 4 is 11.3 Å². The van der Waals surface area contributed by atoms with E-state index in [1.807, 2.05) is 11.3 Å². The van der Waals surface area contributed by atoms with Gasteiger partial charge in [0.2, 0.25) is 0 Å². The highest BCUT2D eigenvalue weighted by Gasteiger charge is 2.01. The zero-order chi connectivity index (χ0) is 9.52. The summed E-state index contributed by atoms with van der Waals surface area (Å²) in [5.41, 5.74) is 5.80. The van der Waals surface area contributed by atoms with E-state index in [9.17, 15) is 0 Å². The molecule has 0 spiro atoms. The van der Waals surface area contributed by atoms with Crippen LogP contribution in [0.15, 0.2) is 17.5 Å². The van der Waals surface area contributed by atoms with Crippen LogP contribution in [0.5, 0.6) is 0 Å². The second-order valence-corrected chi connectivity index (χ2v) is 4.22. The molecule has 1 aromatic rings. The number of hydrogen-bond acceptors (Lipinski definition) is 3. The van der Waals surface area contributed by atoms with Crippen molar-refractivity contribution in [2.75, 3.05) is 13.7 Å². The van der Waals surface area contributed by atoms with Gasteiger partial charge in [0.05, 0.1) is 6.61 Å². The molecule has 1 rings (SSSR count). The fourth-order valence-corrected chi connectivity index (χ4v) is 2.04. The molecule has 0 aliphatic rings. The van der Waals surface area contributed by atoms with Crippen LogP contribution in [0.25, 0.3) is 0 Å². The van der Waals surface area contributed by atoms with E-state index in [2.05, 4.69) is 17.5 Å². The number of hydrogen-bond donors (Lipinski definition) is 1. The van der Waals surface area contributed by atoms with Crippen molar-refractivity contribution in [3.8, 4) is 0 Å². The third kappa shape index (κ3) is 4.41. The molecule has 0 aliphatic carbocycles. The molecular weight excluding hydrogens is 182 g/mol. The first-order chi connectivity index (χ1) is 6.33. The molecule has 0 saturated heterocycles. The maximum atomic E-state index is 5.80. The van der Waals surface area contributed by atoms with Crippen LogP contribution in [0.1, 0.15) is 17.7 Å². The zero-order valence-corrected chi connectivity index (χ0v) is 8.85. The highest BCUT2D eigenvalue weighted by molar-refractivity contribution is 7.09. The third-order valence-corrected chi connectivity index (χ3v) is 2.90. The molecule has 13 heavy (non-hydrogen) atoms. The number of ether oxygens (including phenoxy) is 1. The van der Waals surface area contributed by atoms with Crippen LogP contribution >= 0.6 is 11.3 Å². The Kier molecular flexibility index (Phi) is 5.05. The van der Waals surface area contributed by atoms with Crippen LogP contribution in [0.3, 0.4) is 0 Å². The summed E-state index contributed by atoms with van der Waals surface area (Å²) in [4.78, 5) is 1.45. The Hall–Kier alpha value is -0.380. The van der Waals surface area contributed by atoms with Crippen molar-refractivity contribution in [2.24, 2.45) is 5.73 Å². The number of thiophene rings is 1. The van der Waals surface area contributed by atoms with E-state index >= 15 is 0 Å². The van der Waals surface area contributed by atoms with E-state index in [1.165, 1.54) is 4.88 Å². The van der Waals surface area contributed by atoms with Gasteiger partial charge in [-0.3, -0.25) is 0 Å². The van der Waals surface area contributed by atoms with Gasteiger partial charge in [-0.1, -0.05) is 6.07 Å². The fourth-order valence-electron chi connectivity index (χ4n) is 1.29. The first kappa shape index (κ1) is 10.7. The van der Waals surface area contributed by atoms with Crippen molar-refractivity contribution in [3.63, 3.8) is 0 Å². The lowest BCUT2D eigenvalue weighted by Crippen LogP contribution is -2.25. The van der Waals surface area contributed by atoms with Gasteiger partial charge in [-0.25, -0.2) is 0 Å². The normalized spacial score (nSPS) is 13.1. The minimum Gasteiger partial charge on any atom is -0.383 e. The Bertz CT molecular complexity index is 211. The monoisotopic (exact) mass is 199 g/mol. The van der Waals surface area contributed by atoms with Gasteiger partial charge in [-0.15, -0.1) is 11.3 Å². The van der Waals surface area contributed by atoms with E-state index in [0.29, 0.717) is 6.61 Å². The van der Waals surface area contributed by atoms with Crippen molar-refractivity contribution in [1.29, 1.82) is 0 Å². The van der Waals surface area contributed by atoms with Crippen molar-refractivity contribution < 1.29 is 4.74 Å². The average molecular weight is 199 g/mol. The summed E-state index contributed by atoms with van der Waals surface area (Å²) in [5, 5.41) is 2.12. The molecule has 2 N–H and O–H groups in total. The summed E-state index contributed by atoms with van der Waals surface area (Å²) < 4.78 is 4.97. The van der Waals surface area contributed by atoms with E-state index in [4.69, 9.17) is 10.5 Å². The lowest BCUT2D eigenvalue weighted by molar-refractivity contribution is 0.176. The second kappa shape index (κ2) is 6.13. The molecule has 0 fully saturated rings. The Morgan fingerprint density at radius 1 is 1.62 bits per heavy atom. The molecule has 0 amide bonds. The Morgan fingerprint density at radius 2 is 2.46 bits per heavy atom. The summed E-state index contributed by atoms with van der Waals surface area (Å²) in [6.07, 6.45) is 3.35. The van der Waals surface area contributed by atoms with Crippen molar-refractivity contribution in [3.05, 3.63) is 22.4 Å². The minimum absolute atomic E-state index is 0.199. The summed E-state index contributed by atoms with van der Waals surface area (Å²) in [6, 6.07) is 4.46. The van der Waals surface area contributed by atoms with Crippen LogP contribution in [0, 0.1) is 0 Å². The smallest absolute Gasteiger partial charge is 0.0613 e. The van der Waals surface area contributed by atoms with Crippen LogP contribution in [0.2, 0.25) is 0 Å². The number of methoxy groups -OCH3 is 1. The van der Waals surface area contributed by atoms with Gasteiger partial charge < -0.3 is 10.5 Å². The molecule has 0 saturated carbocycles. The van der Waals surface area contributed by atoms with Crippen molar-refractivity contribution in [2.45, 2.75) is 25.3 Å². The summed E-state index contributed by atoms with van der Waals surface area (Å²) in [5.74, 6) is 0. The van der Waals surface area contributed by atoms with Gasteiger partial charge in [0.25, 0.3) is 0 Å². The van der Waals surface area contributed by atoms with Crippen LogP contribution in [-0.2, 0) is 11.2 Å². The summed E-state index contributed by atoms with van der Waals surface area (Å²) in [6.45, 7) is 0.671. The highest BCUT2D eigenvalue weighted by atomic mass is 32.1. The fraction of sp³-hybridized carbons (Fsp3) is 0.600. The zero-order valence-electron chi connectivity index (χ0n) is 8.03. The van der Waals surface area contributed by atoms with E-state index in [0.717, 1.165) is 19.3 Å². The highest BCUT2D eigenvalue weighted by Crippen LogP contribution is 2.12. The molecular formula is C10H17NOS. The van der Waals surface area contributed by atoms with E-state index < -0.39 is 0 Å². The Morgan fingerprint density at radius 3 is 3.08 bits per heavy atom. The second-order valence-electron chi connectivity index (χ2n) is 3.19. The van der Waals surface area contributed by atoms with Gasteiger partial charge in [-0.2, -0.15) is 0 Å². The maximum absolute atomic E-state index is 5.80. The van der Waals surface area contributed by atoms with Gasteiger partial charge >= 0.3 is 0 Å². The molecule has 0 radical (unpaired) electrons. The predicted molar refractivity (Wildman–Crippen MR) is 57.1 cm³/mol. The van der Waals surface area contributed by atoms with Gasteiger partial charge in [0, 0.05) is 18.0 Å². The minimum atomic E-state index is 0.199. The quantitative estimate of drug-likeness (QED) is 0.761. The molecule has 3 heteroatoms. The molecule has 2 nitrogen and oxygen atoms in total. The maximum Gasteiger partial charge on any atom is 0.0613 e. The standard InChI is InChI=1S/C10H17NOS/c1-12-8-9(11)4-2-5-10-6-3-7-13-10/h3,6-7,9H,2,4-5,8,11H2,1H3. The number of nitrogens with two attached hydrogens (primary N) is 1.